The van der Waals surface area contributed by atoms with E-state index in [2.05, 4.69) is 5.32 Å². The first-order valence-corrected chi connectivity index (χ1v) is 7.53. The van der Waals surface area contributed by atoms with Crippen LogP contribution in [0.15, 0.2) is 42.5 Å². The number of carbonyl (C=O) groups is 1. The molecule has 0 aliphatic heterocycles. The zero-order valence-corrected chi connectivity index (χ0v) is 14.7. The van der Waals surface area contributed by atoms with E-state index in [4.69, 9.17) is 18.9 Å². The van der Waals surface area contributed by atoms with E-state index in [-0.39, 0.29) is 5.91 Å². The summed E-state index contributed by atoms with van der Waals surface area (Å²) in [7, 11) is 6.25. The standard InChI is InChI=1S/C19H21NO5/c1-22-14-6-7-17(18(12-14)25-4)20-19(21)8-5-13-9-15(23-2)11-16(10-13)24-3/h5-12H,1-4H3,(H,20,21). The summed E-state index contributed by atoms with van der Waals surface area (Å²) in [5.74, 6) is 2.18. The highest BCUT2D eigenvalue weighted by atomic mass is 16.5. The number of benzene rings is 2. The number of methoxy groups -OCH3 is 4. The molecule has 1 N–H and O–H groups in total. The zero-order chi connectivity index (χ0) is 18.2. The van der Waals surface area contributed by atoms with Gasteiger partial charge in [-0.15, -0.1) is 0 Å². The SMILES string of the molecule is COc1cc(C=CC(=O)Nc2ccc(OC)cc2OC)cc(OC)c1. The molecule has 0 aromatic heterocycles. The topological polar surface area (TPSA) is 66.0 Å². The van der Waals surface area contributed by atoms with Crippen LogP contribution in [0.25, 0.3) is 6.08 Å². The van der Waals surface area contributed by atoms with Crippen LogP contribution in [-0.2, 0) is 4.79 Å². The molecule has 0 aliphatic rings. The number of ether oxygens (including phenoxy) is 4. The number of nitrogens with one attached hydrogen (secondary N) is 1. The second-order valence-corrected chi connectivity index (χ2v) is 5.03. The minimum atomic E-state index is -0.287. The minimum Gasteiger partial charge on any atom is -0.497 e. The molecular formula is C19H21NO5. The molecule has 0 fully saturated rings. The molecule has 6 heteroatoms. The smallest absolute Gasteiger partial charge is 0.248 e. The predicted octanol–water partition coefficient (Wildman–Crippen LogP) is 3.37. The van der Waals surface area contributed by atoms with Crippen LogP contribution in [0.5, 0.6) is 23.0 Å². The molecule has 2 rings (SSSR count). The first-order chi connectivity index (χ1) is 12.1. The molecule has 6 nitrogen and oxygen atoms in total. The third-order valence-electron chi connectivity index (χ3n) is 3.47. The van der Waals surface area contributed by atoms with Crippen molar-refractivity contribution < 1.29 is 23.7 Å². The second-order valence-electron chi connectivity index (χ2n) is 5.03. The summed E-state index contributed by atoms with van der Waals surface area (Å²) in [5, 5.41) is 2.77. The van der Waals surface area contributed by atoms with Gasteiger partial charge < -0.3 is 24.3 Å². The quantitative estimate of drug-likeness (QED) is 0.781. The van der Waals surface area contributed by atoms with Crippen LogP contribution in [0.1, 0.15) is 5.56 Å². The molecule has 2 aromatic rings. The lowest BCUT2D eigenvalue weighted by Crippen LogP contribution is -2.09. The van der Waals surface area contributed by atoms with Gasteiger partial charge in [-0.25, -0.2) is 0 Å². The molecule has 0 spiro atoms. The van der Waals surface area contributed by atoms with E-state index in [0.29, 0.717) is 28.7 Å². The summed E-state index contributed by atoms with van der Waals surface area (Å²) < 4.78 is 20.8. The molecule has 0 aliphatic carbocycles. The van der Waals surface area contributed by atoms with E-state index in [1.165, 1.54) is 13.2 Å². The van der Waals surface area contributed by atoms with Crippen molar-refractivity contribution in [2.75, 3.05) is 33.8 Å². The van der Waals surface area contributed by atoms with E-state index in [1.54, 1.807) is 63.8 Å². The van der Waals surface area contributed by atoms with Gasteiger partial charge >= 0.3 is 0 Å². The van der Waals surface area contributed by atoms with Gasteiger partial charge in [0, 0.05) is 18.2 Å². The average molecular weight is 343 g/mol. The van der Waals surface area contributed by atoms with Crippen LogP contribution >= 0.6 is 0 Å². The first kappa shape index (κ1) is 18.2. The summed E-state index contributed by atoms with van der Waals surface area (Å²) in [6.45, 7) is 0. The van der Waals surface area contributed by atoms with E-state index in [0.717, 1.165) is 5.56 Å². The Morgan fingerprint density at radius 3 is 2.04 bits per heavy atom. The maximum Gasteiger partial charge on any atom is 0.248 e. The van der Waals surface area contributed by atoms with Crippen molar-refractivity contribution in [2.24, 2.45) is 0 Å². The monoisotopic (exact) mass is 343 g/mol. The molecule has 0 saturated carbocycles. The van der Waals surface area contributed by atoms with Gasteiger partial charge in [0.05, 0.1) is 34.1 Å². The lowest BCUT2D eigenvalue weighted by Gasteiger charge is -2.10. The van der Waals surface area contributed by atoms with Gasteiger partial charge in [0.1, 0.15) is 23.0 Å². The Morgan fingerprint density at radius 2 is 1.48 bits per heavy atom. The van der Waals surface area contributed by atoms with Crippen molar-refractivity contribution >= 4 is 17.7 Å². The summed E-state index contributed by atoms with van der Waals surface area (Å²) in [5.41, 5.74) is 1.34. The maximum absolute atomic E-state index is 12.2. The summed E-state index contributed by atoms with van der Waals surface area (Å²) in [6.07, 6.45) is 3.11. The van der Waals surface area contributed by atoms with Gasteiger partial charge in [-0.2, -0.15) is 0 Å². The van der Waals surface area contributed by atoms with Gasteiger partial charge in [-0.05, 0) is 35.9 Å². The largest absolute Gasteiger partial charge is 0.497 e. The Balaban J connectivity index is 2.13. The van der Waals surface area contributed by atoms with E-state index >= 15 is 0 Å². The molecule has 0 bridgehead atoms. The Labute approximate surface area is 147 Å². The molecule has 2 aromatic carbocycles. The van der Waals surface area contributed by atoms with Crippen molar-refractivity contribution in [3.8, 4) is 23.0 Å². The number of rotatable bonds is 7. The predicted molar refractivity (Wildman–Crippen MR) is 96.8 cm³/mol. The summed E-state index contributed by atoms with van der Waals surface area (Å²) >= 11 is 0. The fraction of sp³-hybridized carbons (Fsp3) is 0.211. The summed E-state index contributed by atoms with van der Waals surface area (Å²) in [4.78, 5) is 12.2. The molecule has 25 heavy (non-hydrogen) atoms. The van der Waals surface area contributed by atoms with Crippen LogP contribution in [0.3, 0.4) is 0 Å². The molecule has 1 amide bonds. The van der Waals surface area contributed by atoms with E-state index in [1.807, 2.05) is 0 Å². The van der Waals surface area contributed by atoms with Crippen molar-refractivity contribution in [1.29, 1.82) is 0 Å². The average Bonchev–Trinajstić information content (AvgIpc) is 2.66. The normalized spacial score (nSPS) is 10.4. The second kappa shape index (κ2) is 8.63. The molecule has 0 atom stereocenters. The van der Waals surface area contributed by atoms with Crippen LogP contribution in [0.2, 0.25) is 0 Å². The number of anilines is 1. The van der Waals surface area contributed by atoms with Gasteiger partial charge in [-0.3, -0.25) is 4.79 Å². The number of carbonyl (C=O) groups excluding carboxylic acids is 1. The molecular weight excluding hydrogens is 322 g/mol. The fourth-order valence-corrected chi connectivity index (χ4v) is 2.17. The lowest BCUT2D eigenvalue weighted by molar-refractivity contribution is -0.111. The molecule has 0 heterocycles. The van der Waals surface area contributed by atoms with Crippen LogP contribution in [-0.4, -0.2) is 34.3 Å². The number of amides is 1. The Kier molecular flexibility index (Phi) is 6.28. The zero-order valence-electron chi connectivity index (χ0n) is 14.7. The van der Waals surface area contributed by atoms with Gasteiger partial charge in [0.2, 0.25) is 5.91 Å². The fourth-order valence-electron chi connectivity index (χ4n) is 2.17. The lowest BCUT2D eigenvalue weighted by atomic mass is 10.2. The van der Waals surface area contributed by atoms with Crippen molar-refractivity contribution in [2.45, 2.75) is 0 Å². The van der Waals surface area contributed by atoms with Crippen LogP contribution in [0, 0.1) is 0 Å². The Morgan fingerprint density at radius 1 is 0.840 bits per heavy atom. The third-order valence-corrected chi connectivity index (χ3v) is 3.47. The van der Waals surface area contributed by atoms with E-state index in [9.17, 15) is 4.79 Å². The van der Waals surface area contributed by atoms with Crippen LogP contribution in [0.4, 0.5) is 5.69 Å². The van der Waals surface area contributed by atoms with Crippen molar-refractivity contribution in [1.82, 2.24) is 0 Å². The number of hydrogen-bond acceptors (Lipinski definition) is 5. The highest BCUT2D eigenvalue weighted by molar-refractivity contribution is 6.02. The van der Waals surface area contributed by atoms with Crippen molar-refractivity contribution in [3.63, 3.8) is 0 Å². The van der Waals surface area contributed by atoms with Gasteiger partial charge in [0.25, 0.3) is 0 Å². The van der Waals surface area contributed by atoms with E-state index < -0.39 is 0 Å². The van der Waals surface area contributed by atoms with Crippen LogP contribution < -0.4 is 24.3 Å². The van der Waals surface area contributed by atoms with Gasteiger partial charge in [-0.1, -0.05) is 0 Å². The Hall–Kier alpha value is -3.15. The molecule has 0 radical (unpaired) electrons. The van der Waals surface area contributed by atoms with Crippen molar-refractivity contribution in [3.05, 3.63) is 48.0 Å². The Bertz CT molecular complexity index is 748. The first-order valence-electron chi connectivity index (χ1n) is 7.53. The highest BCUT2D eigenvalue weighted by Crippen LogP contribution is 2.29. The van der Waals surface area contributed by atoms with Gasteiger partial charge in [0.15, 0.2) is 0 Å². The minimum absolute atomic E-state index is 0.287. The third kappa shape index (κ3) is 4.91. The number of hydrogen-bond donors (Lipinski definition) is 1. The summed E-state index contributed by atoms with van der Waals surface area (Å²) in [6, 6.07) is 10.5. The maximum atomic E-state index is 12.2. The highest BCUT2D eigenvalue weighted by Gasteiger charge is 2.07. The molecule has 0 unspecified atom stereocenters. The molecule has 132 valence electrons. The molecule has 0 saturated heterocycles.